The zero-order chi connectivity index (χ0) is 16.9. The van der Waals surface area contributed by atoms with E-state index in [1.165, 1.54) is 12.1 Å². The molecule has 6 heteroatoms. The quantitative estimate of drug-likeness (QED) is 0.815. The zero-order valence-electron chi connectivity index (χ0n) is 13.0. The fraction of sp³-hybridized carbons (Fsp3) is 0.278. The highest BCUT2D eigenvalue weighted by Crippen LogP contribution is 2.37. The molecule has 1 amide bonds. The van der Waals surface area contributed by atoms with Crippen LogP contribution in [0.2, 0.25) is 0 Å². The second kappa shape index (κ2) is 7.77. The highest BCUT2D eigenvalue weighted by atomic mass is 32.2. The predicted molar refractivity (Wildman–Crippen MR) is 90.8 cm³/mol. The maximum atomic E-state index is 14.0. The molecular formula is C18H18F2N2OS. The van der Waals surface area contributed by atoms with Gasteiger partial charge in [-0.25, -0.2) is 8.78 Å². The highest BCUT2D eigenvalue weighted by molar-refractivity contribution is 8.00. The number of amides is 1. The fourth-order valence-corrected chi connectivity index (χ4v) is 3.69. The van der Waals surface area contributed by atoms with E-state index >= 15 is 0 Å². The molecule has 0 saturated carbocycles. The highest BCUT2D eigenvalue weighted by Gasteiger charge is 2.26. The molecule has 0 aromatic heterocycles. The molecular weight excluding hydrogens is 330 g/mol. The third kappa shape index (κ3) is 4.13. The number of nitrogens with one attached hydrogen (secondary N) is 2. The first-order chi connectivity index (χ1) is 11.6. The summed E-state index contributed by atoms with van der Waals surface area (Å²) >= 11 is 1.09. The Kier molecular flexibility index (Phi) is 5.48. The Balaban J connectivity index is 1.82. The molecule has 126 valence electrons. The Morgan fingerprint density at radius 1 is 1.21 bits per heavy atom. The smallest absolute Gasteiger partial charge is 0.238 e. The van der Waals surface area contributed by atoms with E-state index in [9.17, 15) is 13.6 Å². The van der Waals surface area contributed by atoms with Crippen molar-refractivity contribution in [2.45, 2.75) is 22.6 Å². The lowest BCUT2D eigenvalue weighted by Crippen LogP contribution is -2.38. The van der Waals surface area contributed by atoms with Crippen molar-refractivity contribution in [3.8, 4) is 0 Å². The van der Waals surface area contributed by atoms with Gasteiger partial charge in [0.25, 0.3) is 0 Å². The second-order valence-electron chi connectivity index (χ2n) is 5.68. The molecule has 1 aliphatic heterocycles. The van der Waals surface area contributed by atoms with E-state index in [-0.39, 0.29) is 16.8 Å². The van der Waals surface area contributed by atoms with Gasteiger partial charge in [0.05, 0.1) is 0 Å². The summed E-state index contributed by atoms with van der Waals surface area (Å²) in [7, 11) is 0. The third-order valence-electron chi connectivity index (χ3n) is 3.89. The lowest BCUT2D eigenvalue weighted by molar-refractivity contribution is -0.121. The van der Waals surface area contributed by atoms with Crippen LogP contribution in [0.5, 0.6) is 0 Å². The van der Waals surface area contributed by atoms with Crippen molar-refractivity contribution in [2.75, 3.05) is 13.1 Å². The summed E-state index contributed by atoms with van der Waals surface area (Å²) in [5, 5.41) is 5.62. The van der Waals surface area contributed by atoms with Gasteiger partial charge in [0.1, 0.15) is 16.9 Å². The third-order valence-corrected chi connectivity index (χ3v) is 5.19. The van der Waals surface area contributed by atoms with Crippen molar-refractivity contribution in [3.63, 3.8) is 0 Å². The number of hydrogen-bond donors (Lipinski definition) is 2. The lowest BCUT2D eigenvalue weighted by atomic mass is 10.1. The van der Waals surface area contributed by atoms with Crippen molar-refractivity contribution in [2.24, 2.45) is 0 Å². The Morgan fingerprint density at radius 3 is 2.67 bits per heavy atom. The summed E-state index contributed by atoms with van der Waals surface area (Å²) in [4.78, 5) is 13.0. The van der Waals surface area contributed by atoms with Gasteiger partial charge in [-0.15, -0.1) is 11.8 Å². The predicted octanol–water partition coefficient (Wildman–Crippen LogP) is 3.28. The molecule has 3 nitrogen and oxygen atoms in total. The van der Waals surface area contributed by atoms with Crippen LogP contribution in [0.1, 0.15) is 17.2 Å². The molecule has 3 rings (SSSR count). The molecule has 2 unspecified atom stereocenters. The molecule has 24 heavy (non-hydrogen) atoms. The van der Waals surface area contributed by atoms with Crippen LogP contribution in [0.4, 0.5) is 8.78 Å². The molecule has 0 spiro atoms. The number of benzene rings is 2. The van der Waals surface area contributed by atoms with E-state index in [1.807, 2.05) is 30.3 Å². The summed E-state index contributed by atoms with van der Waals surface area (Å²) in [6, 6.07) is 12.7. The average molecular weight is 348 g/mol. The van der Waals surface area contributed by atoms with Crippen molar-refractivity contribution in [1.82, 2.24) is 10.6 Å². The number of halogens is 2. The van der Waals surface area contributed by atoms with Crippen molar-refractivity contribution in [1.29, 1.82) is 0 Å². The molecule has 2 N–H and O–H groups in total. The molecule has 0 aliphatic carbocycles. The largest absolute Gasteiger partial charge is 0.351 e. The van der Waals surface area contributed by atoms with Gasteiger partial charge in [-0.1, -0.05) is 30.3 Å². The number of thioether (sulfide) groups is 1. The summed E-state index contributed by atoms with van der Waals surface area (Å²) in [6.45, 7) is 1.61. The van der Waals surface area contributed by atoms with Gasteiger partial charge in [-0.2, -0.15) is 0 Å². The average Bonchev–Trinajstić information content (AvgIpc) is 3.08. The Morgan fingerprint density at radius 2 is 2.00 bits per heavy atom. The SMILES string of the molecule is O=C(NC1CCNC1)C(Sc1ccc(F)cc1F)c1ccccc1. The summed E-state index contributed by atoms with van der Waals surface area (Å²) in [5.74, 6) is -1.45. The summed E-state index contributed by atoms with van der Waals surface area (Å²) in [5.41, 5.74) is 0.787. The zero-order valence-corrected chi connectivity index (χ0v) is 13.8. The van der Waals surface area contributed by atoms with Gasteiger partial charge in [-0.3, -0.25) is 4.79 Å². The first kappa shape index (κ1) is 16.9. The molecule has 2 aromatic rings. The van der Waals surface area contributed by atoms with E-state index in [2.05, 4.69) is 10.6 Å². The number of rotatable bonds is 5. The van der Waals surface area contributed by atoms with Crippen molar-refractivity contribution in [3.05, 3.63) is 65.7 Å². The van der Waals surface area contributed by atoms with Crippen LogP contribution in [0.15, 0.2) is 53.4 Å². The molecule has 1 fully saturated rings. The second-order valence-corrected chi connectivity index (χ2v) is 6.83. The summed E-state index contributed by atoms with van der Waals surface area (Å²) in [6.07, 6.45) is 0.878. The van der Waals surface area contributed by atoms with Crippen molar-refractivity contribution >= 4 is 17.7 Å². The first-order valence-electron chi connectivity index (χ1n) is 7.81. The summed E-state index contributed by atoms with van der Waals surface area (Å²) < 4.78 is 27.1. The molecule has 1 saturated heterocycles. The fourth-order valence-electron chi connectivity index (χ4n) is 2.65. The van der Waals surface area contributed by atoms with E-state index in [1.54, 1.807) is 0 Å². The van der Waals surface area contributed by atoms with E-state index in [4.69, 9.17) is 0 Å². The minimum Gasteiger partial charge on any atom is -0.351 e. The normalized spacial score (nSPS) is 18.3. The first-order valence-corrected chi connectivity index (χ1v) is 8.69. The Hall–Kier alpha value is -1.92. The standard InChI is InChI=1S/C18H18F2N2OS/c19-13-6-7-16(15(20)10-13)24-17(12-4-2-1-3-5-12)18(23)22-14-8-9-21-11-14/h1-7,10,14,17,21H,8-9,11H2,(H,22,23). The Bertz CT molecular complexity index is 705. The van der Waals surface area contributed by atoms with Gasteiger partial charge in [0.15, 0.2) is 0 Å². The molecule has 2 aromatic carbocycles. The molecule has 1 heterocycles. The maximum absolute atomic E-state index is 14.0. The van der Waals surface area contributed by atoms with Gasteiger partial charge in [0, 0.05) is 23.5 Å². The molecule has 0 radical (unpaired) electrons. The van der Waals surface area contributed by atoms with Crippen LogP contribution in [0, 0.1) is 11.6 Å². The van der Waals surface area contributed by atoms with Crippen LogP contribution in [0.25, 0.3) is 0 Å². The molecule has 2 atom stereocenters. The van der Waals surface area contributed by atoms with Crippen molar-refractivity contribution < 1.29 is 13.6 Å². The molecule has 0 bridgehead atoms. The number of carbonyl (C=O) groups excluding carboxylic acids is 1. The van der Waals surface area contributed by atoms with Crippen LogP contribution < -0.4 is 10.6 Å². The molecule has 1 aliphatic rings. The minimum atomic E-state index is -0.656. The van der Waals surface area contributed by atoms with Crippen LogP contribution in [-0.4, -0.2) is 25.0 Å². The van der Waals surface area contributed by atoms with Gasteiger partial charge < -0.3 is 10.6 Å². The van der Waals surface area contributed by atoms with Gasteiger partial charge in [-0.05, 0) is 30.7 Å². The number of carbonyl (C=O) groups is 1. The number of hydrogen-bond acceptors (Lipinski definition) is 3. The van der Waals surface area contributed by atoms with Crippen LogP contribution in [0.3, 0.4) is 0 Å². The topological polar surface area (TPSA) is 41.1 Å². The van der Waals surface area contributed by atoms with Gasteiger partial charge >= 0.3 is 0 Å². The van der Waals surface area contributed by atoms with Crippen LogP contribution >= 0.6 is 11.8 Å². The van der Waals surface area contributed by atoms with E-state index in [0.29, 0.717) is 0 Å². The maximum Gasteiger partial charge on any atom is 0.238 e. The lowest BCUT2D eigenvalue weighted by Gasteiger charge is -2.20. The Labute approximate surface area is 143 Å². The van der Waals surface area contributed by atoms with Gasteiger partial charge in [0.2, 0.25) is 5.91 Å². The van der Waals surface area contributed by atoms with E-state index < -0.39 is 16.9 Å². The van der Waals surface area contributed by atoms with Crippen LogP contribution in [-0.2, 0) is 4.79 Å². The minimum absolute atomic E-state index is 0.0855. The monoisotopic (exact) mass is 348 g/mol. The van der Waals surface area contributed by atoms with E-state index in [0.717, 1.165) is 42.9 Å².